The first kappa shape index (κ1) is 19.9. The number of hydrogen-bond donors (Lipinski definition) is 1. The zero-order chi connectivity index (χ0) is 20.0. The Bertz CT molecular complexity index is 836. The third-order valence-electron chi connectivity index (χ3n) is 3.88. The Hall–Kier alpha value is -3.42. The van der Waals surface area contributed by atoms with Gasteiger partial charge >= 0.3 is 0 Å². The number of nitro groups is 1. The molecule has 1 N–H and O–H groups in total. The number of nitrogens with zero attached hydrogens (tertiary/aromatic N) is 1. The average Bonchev–Trinajstić information content (AvgIpc) is 2.66. The first-order chi connectivity index (χ1) is 12.9. The van der Waals surface area contributed by atoms with Crippen molar-refractivity contribution in [2.24, 2.45) is 0 Å². The summed E-state index contributed by atoms with van der Waals surface area (Å²) >= 11 is 0. The van der Waals surface area contributed by atoms with Crippen LogP contribution in [0.5, 0.6) is 28.7 Å². The molecule has 2 rings (SSSR count). The van der Waals surface area contributed by atoms with E-state index in [9.17, 15) is 15.2 Å². The number of hydrogen-bond acceptors (Lipinski definition) is 7. The van der Waals surface area contributed by atoms with Crippen molar-refractivity contribution < 1.29 is 29.0 Å². The molecule has 0 atom stereocenters. The fourth-order valence-corrected chi connectivity index (χ4v) is 2.60. The summed E-state index contributed by atoms with van der Waals surface area (Å²) in [6.07, 6.45) is 1.42. The van der Waals surface area contributed by atoms with Crippen LogP contribution in [0.25, 0.3) is 6.08 Å². The van der Waals surface area contributed by atoms with Crippen molar-refractivity contribution in [3.05, 3.63) is 57.3 Å². The van der Waals surface area contributed by atoms with Crippen LogP contribution < -0.4 is 18.9 Å². The van der Waals surface area contributed by atoms with E-state index >= 15 is 0 Å². The second-order valence-electron chi connectivity index (χ2n) is 5.53. The Kier molecular flexibility index (Phi) is 6.48. The van der Waals surface area contributed by atoms with Crippen LogP contribution >= 0.6 is 0 Å². The largest absolute Gasteiger partial charge is 0.504 e. The number of methoxy groups -OCH3 is 4. The fraction of sp³-hybridized carbons (Fsp3) is 0.263. The molecule has 0 unspecified atom stereocenters. The molecule has 2 aromatic carbocycles. The molecule has 8 nitrogen and oxygen atoms in total. The number of allylic oxidation sites excluding steroid dienone is 1. The lowest BCUT2D eigenvalue weighted by Gasteiger charge is -2.13. The summed E-state index contributed by atoms with van der Waals surface area (Å²) in [6.45, 7) is 0. The summed E-state index contributed by atoms with van der Waals surface area (Å²) in [5.41, 5.74) is 1.03. The molecule has 0 saturated carbocycles. The Morgan fingerprint density at radius 1 is 1.00 bits per heavy atom. The normalized spacial score (nSPS) is 11.0. The predicted molar refractivity (Wildman–Crippen MR) is 99.4 cm³/mol. The van der Waals surface area contributed by atoms with Gasteiger partial charge in [0, 0.05) is 6.08 Å². The van der Waals surface area contributed by atoms with Crippen LogP contribution in [0.4, 0.5) is 0 Å². The second-order valence-corrected chi connectivity index (χ2v) is 5.53. The van der Waals surface area contributed by atoms with Crippen LogP contribution in [0.15, 0.2) is 36.0 Å². The van der Waals surface area contributed by atoms with E-state index in [0.717, 1.165) is 0 Å². The molecule has 144 valence electrons. The third-order valence-corrected chi connectivity index (χ3v) is 3.88. The summed E-state index contributed by atoms with van der Waals surface area (Å²) in [4.78, 5) is 11.0. The average molecular weight is 375 g/mol. The van der Waals surface area contributed by atoms with E-state index in [0.29, 0.717) is 34.1 Å². The fourth-order valence-electron chi connectivity index (χ4n) is 2.60. The number of ether oxygens (including phenoxy) is 4. The Balaban J connectivity index is 2.42. The van der Waals surface area contributed by atoms with Crippen molar-refractivity contribution in [2.45, 2.75) is 6.42 Å². The van der Waals surface area contributed by atoms with E-state index in [1.54, 1.807) is 18.2 Å². The summed E-state index contributed by atoms with van der Waals surface area (Å²) in [7, 11) is 5.87. The molecule has 0 bridgehead atoms. The quantitative estimate of drug-likeness (QED) is 0.558. The minimum absolute atomic E-state index is 0.0243. The lowest BCUT2D eigenvalue weighted by atomic mass is 10.1. The second kappa shape index (κ2) is 8.79. The van der Waals surface area contributed by atoms with Crippen molar-refractivity contribution in [1.82, 2.24) is 0 Å². The molecule has 0 aliphatic heterocycles. The number of aromatic hydroxyl groups is 1. The summed E-state index contributed by atoms with van der Waals surface area (Å²) in [5.74, 6) is 1.44. The zero-order valence-electron chi connectivity index (χ0n) is 15.5. The molecule has 0 heterocycles. The highest BCUT2D eigenvalue weighted by atomic mass is 16.6. The van der Waals surface area contributed by atoms with E-state index in [4.69, 9.17) is 18.9 Å². The highest BCUT2D eigenvalue weighted by molar-refractivity contribution is 5.58. The van der Waals surface area contributed by atoms with Crippen molar-refractivity contribution in [3.8, 4) is 28.7 Å². The van der Waals surface area contributed by atoms with Gasteiger partial charge in [-0.05, 0) is 35.4 Å². The monoisotopic (exact) mass is 375 g/mol. The van der Waals surface area contributed by atoms with Crippen LogP contribution in [0, 0.1) is 10.1 Å². The molecular weight excluding hydrogens is 354 g/mol. The van der Waals surface area contributed by atoms with Crippen LogP contribution in [-0.2, 0) is 6.42 Å². The van der Waals surface area contributed by atoms with Gasteiger partial charge in [0.1, 0.15) is 0 Å². The van der Waals surface area contributed by atoms with Gasteiger partial charge < -0.3 is 24.1 Å². The van der Waals surface area contributed by atoms with Crippen molar-refractivity contribution in [2.75, 3.05) is 28.4 Å². The van der Waals surface area contributed by atoms with Gasteiger partial charge in [-0.3, -0.25) is 10.1 Å². The van der Waals surface area contributed by atoms with E-state index in [-0.39, 0.29) is 17.9 Å². The first-order valence-corrected chi connectivity index (χ1v) is 7.94. The van der Waals surface area contributed by atoms with Crippen molar-refractivity contribution in [3.63, 3.8) is 0 Å². The molecule has 27 heavy (non-hydrogen) atoms. The molecule has 0 radical (unpaired) electrons. The van der Waals surface area contributed by atoms with Crippen LogP contribution in [-0.4, -0.2) is 38.5 Å². The maximum absolute atomic E-state index is 11.5. The summed E-state index contributed by atoms with van der Waals surface area (Å²) < 4.78 is 20.8. The molecule has 0 aromatic heterocycles. The minimum Gasteiger partial charge on any atom is -0.504 e. The van der Waals surface area contributed by atoms with Crippen LogP contribution in [0.3, 0.4) is 0 Å². The van der Waals surface area contributed by atoms with Crippen molar-refractivity contribution in [1.29, 1.82) is 0 Å². The molecular formula is C19H21NO7. The topological polar surface area (TPSA) is 100 Å². The number of phenolic OH excluding ortho intramolecular Hbond substituents is 1. The molecule has 0 saturated heterocycles. The molecule has 8 heteroatoms. The van der Waals surface area contributed by atoms with Gasteiger partial charge in [0.15, 0.2) is 23.0 Å². The SMILES string of the molecule is COc1ccc(/C=C(/Cc2cc(OC)c(OC)c(OC)c2)[N+](=O)[O-])cc1O. The Labute approximate surface area is 156 Å². The van der Waals surface area contributed by atoms with Gasteiger partial charge in [-0.2, -0.15) is 0 Å². The van der Waals surface area contributed by atoms with Gasteiger partial charge in [0.2, 0.25) is 5.75 Å². The first-order valence-electron chi connectivity index (χ1n) is 7.94. The Morgan fingerprint density at radius 3 is 2.04 bits per heavy atom. The van der Waals surface area contributed by atoms with Gasteiger partial charge in [0.25, 0.3) is 5.70 Å². The minimum atomic E-state index is -0.468. The number of phenols is 1. The molecule has 0 aliphatic rings. The van der Waals surface area contributed by atoms with Gasteiger partial charge in [0.05, 0.1) is 39.8 Å². The molecule has 2 aromatic rings. The summed E-state index contributed by atoms with van der Waals surface area (Å²) in [6, 6.07) is 7.88. The molecule has 0 spiro atoms. The highest BCUT2D eigenvalue weighted by Crippen LogP contribution is 2.38. The highest BCUT2D eigenvalue weighted by Gasteiger charge is 2.18. The van der Waals surface area contributed by atoms with Crippen LogP contribution in [0.1, 0.15) is 11.1 Å². The maximum Gasteiger partial charge on any atom is 0.251 e. The van der Waals surface area contributed by atoms with E-state index in [1.165, 1.54) is 46.6 Å². The zero-order valence-corrected chi connectivity index (χ0v) is 15.5. The lowest BCUT2D eigenvalue weighted by molar-refractivity contribution is -0.425. The van der Waals surface area contributed by atoms with Gasteiger partial charge in [-0.25, -0.2) is 0 Å². The standard InChI is InChI=1S/C19H21NO7/c1-24-16-6-5-12(9-15(16)21)7-14(20(22)23)8-13-10-17(25-2)19(27-4)18(11-13)26-3/h5-7,9-11,21H,8H2,1-4H3/b14-7-. The van der Waals surface area contributed by atoms with Gasteiger partial charge in [-0.1, -0.05) is 6.07 Å². The molecule has 0 amide bonds. The lowest BCUT2D eigenvalue weighted by Crippen LogP contribution is -2.04. The maximum atomic E-state index is 11.5. The number of benzene rings is 2. The smallest absolute Gasteiger partial charge is 0.251 e. The Morgan fingerprint density at radius 2 is 1.59 bits per heavy atom. The molecule has 0 aliphatic carbocycles. The van der Waals surface area contributed by atoms with E-state index in [2.05, 4.69) is 0 Å². The van der Waals surface area contributed by atoms with Crippen molar-refractivity contribution >= 4 is 6.08 Å². The predicted octanol–water partition coefficient (Wildman–Crippen LogP) is 3.29. The number of rotatable bonds is 8. The molecule has 0 fully saturated rings. The van der Waals surface area contributed by atoms with E-state index < -0.39 is 4.92 Å². The van der Waals surface area contributed by atoms with Gasteiger partial charge in [-0.15, -0.1) is 0 Å². The van der Waals surface area contributed by atoms with Crippen LogP contribution in [0.2, 0.25) is 0 Å². The third kappa shape index (κ3) is 4.60. The van der Waals surface area contributed by atoms with E-state index in [1.807, 2.05) is 0 Å². The summed E-state index contributed by atoms with van der Waals surface area (Å²) in [5, 5.41) is 21.4.